The molecule has 2 saturated carbocycles. The van der Waals surface area contributed by atoms with E-state index in [0.29, 0.717) is 5.92 Å². The smallest absolute Gasteiger partial charge is 0.309 e. The zero-order valence-electron chi connectivity index (χ0n) is 21.8. The highest BCUT2D eigenvalue weighted by Gasteiger charge is 2.45. The first kappa shape index (κ1) is 24.8. The monoisotopic (exact) mass is 453 g/mol. The van der Waals surface area contributed by atoms with Gasteiger partial charge >= 0.3 is 5.97 Å². The van der Waals surface area contributed by atoms with E-state index in [1.165, 1.54) is 38.5 Å². The molecule has 3 aliphatic carbocycles. The summed E-state index contributed by atoms with van der Waals surface area (Å²) >= 11 is 0. The fourth-order valence-electron chi connectivity index (χ4n) is 7.34. The van der Waals surface area contributed by atoms with E-state index in [1.807, 2.05) is 0 Å². The molecule has 4 rings (SSSR count). The molecule has 0 aromatic heterocycles. The number of hydrogen-bond acceptors (Lipinski definition) is 3. The summed E-state index contributed by atoms with van der Waals surface area (Å²) in [6.07, 6.45) is 25.3. The molecule has 3 nitrogen and oxygen atoms in total. The number of carbonyl (C=O) groups excluding carboxylic acids is 1. The molecule has 0 spiro atoms. The Balaban J connectivity index is 1.22. The number of allylic oxidation sites excluding steroid dienone is 6. The van der Waals surface area contributed by atoms with Crippen molar-refractivity contribution in [1.29, 1.82) is 0 Å². The van der Waals surface area contributed by atoms with Gasteiger partial charge in [-0.3, -0.25) is 9.69 Å². The minimum absolute atomic E-state index is 0.0500. The number of likely N-dealkylation sites (tertiary alicyclic amines) is 1. The Labute approximate surface area is 202 Å². The van der Waals surface area contributed by atoms with Crippen LogP contribution in [0.1, 0.15) is 91.9 Å². The van der Waals surface area contributed by atoms with E-state index in [-0.39, 0.29) is 29.1 Å². The summed E-state index contributed by atoms with van der Waals surface area (Å²) in [4.78, 5) is 15.5. The summed E-state index contributed by atoms with van der Waals surface area (Å²) in [5, 5.41) is 0. The lowest BCUT2D eigenvalue weighted by molar-refractivity contribution is -0.165. The summed E-state index contributed by atoms with van der Waals surface area (Å²) in [6.45, 7) is 9.09. The third-order valence-electron chi connectivity index (χ3n) is 9.69. The van der Waals surface area contributed by atoms with E-state index in [0.717, 1.165) is 43.4 Å². The lowest BCUT2D eigenvalue weighted by Crippen LogP contribution is -2.60. The fraction of sp³-hybridized carbons (Fsp3) is 0.767. The molecule has 1 heterocycles. The third kappa shape index (κ3) is 5.84. The summed E-state index contributed by atoms with van der Waals surface area (Å²) < 4.78 is 6.14. The zero-order chi connectivity index (χ0) is 23.6. The molecule has 0 aromatic rings. The molecule has 184 valence electrons. The van der Waals surface area contributed by atoms with Gasteiger partial charge in [0.15, 0.2) is 0 Å². The average molecular weight is 454 g/mol. The fourth-order valence-corrected chi connectivity index (χ4v) is 7.34. The number of carbonyl (C=O) groups is 1. The summed E-state index contributed by atoms with van der Waals surface area (Å²) in [7, 11) is 2.20. The maximum Gasteiger partial charge on any atom is 0.309 e. The van der Waals surface area contributed by atoms with Crippen molar-refractivity contribution in [2.45, 2.75) is 109 Å². The molecule has 3 fully saturated rings. The quantitative estimate of drug-likeness (QED) is 0.425. The van der Waals surface area contributed by atoms with Crippen LogP contribution in [0.3, 0.4) is 0 Å². The van der Waals surface area contributed by atoms with Crippen LogP contribution < -0.4 is 0 Å². The second-order valence-electron chi connectivity index (χ2n) is 12.7. The molecule has 1 saturated heterocycles. The Bertz CT molecular complexity index is 726. The largest absolute Gasteiger partial charge is 0.462 e. The molecule has 0 bridgehead atoms. The molecule has 0 N–H and O–H groups in total. The van der Waals surface area contributed by atoms with Crippen LogP contribution in [0.25, 0.3) is 0 Å². The first-order valence-electron chi connectivity index (χ1n) is 13.6. The Morgan fingerprint density at radius 2 is 1.18 bits per heavy atom. The van der Waals surface area contributed by atoms with Crippen molar-refractivity contribution in [1.82, 2.24) is 4.90 Å². The number of nitrogens with zero attached hydrogens (tertiary/aromatic N) is 1. The predicted octanol–water partition coefficient (Wildman–Crippen LogP) is 7.09. The standard InChI is InChI=1S/C30H47NO2/c1-29(2)20-27(21-30(3,4)31(29)5)33-28(32)26-18-16-25(17-19-26)24-14-12-23(13-15-24)22-10-8-6-7-9-11-22/h6-11,22-27H,12-21H2,1-5H3. The van der Waals surface area contributed by atoms with Crippen LogP contribution in [-0.2, 0) is 9.53 Å². The van der Waals surface area contributed by atoms with E-state index >= 15 is 0 Å². The minimum Gasteiger partial charge on any atom is -0.462 e. The molecule has 4 aliphatic rings. The van der Waals surface area contributed by atoms with Crippen molar-refractivity contribution in [2.75, 3.05) is 7.05 Å². The normalized spacial score (nSPS) is 35.3. The predicted molar refractivity (Wildman–Crippen MR) is 137 cm³/mol. The first-order chi connectivity index (χ1) is 15.7. The lowest BCUT2D eigenvalue weighted by Gasteiger charge is -2.53. The summed E-state index contributed by atoms with van der Waals surface area (Å²) in [5.74, 6) is 3.31. The maximum atomic E-state index is 13.0. The Hall–Kier alpha value is -1.35. The van der Waals surface area contributed by atoms with Crippen LogP contribution in [0.15, 0.2) is 36.5 Å². The van der Waals surface area contributed by atoms with E-state index < -0.39 is 0 Å². The highest BCUT2D eigenvalue weighted by Crippen LogP contribution is 2.44. The number of ether oxygens (including phenoxy) is 1. The first-order valence-corrected chi connectivity index (χ1v) is 13.6. The van der Waals surface area contributed by atoms with Gasteiger partial charge in [0.2, 0.25) is 0 Å². The van der Waals surface area contributed by atoms with E-state index in [1.54, 1.807) is 0 Å². The zero-order valence-corrected chi connectivity index (χ0v) is 21.8. The van der Waals surface area contributed by atoms with Crippen molar-refractivity contribution in [3.63, 3.8) is 0 Å². The number of hydrogen-bond donors (Lipinski definition) is 0. The molecule has 0 radical (unpaired) electrons. The van der Waals surface area contributed by atoms with Gasteiger partial charge in [-0.05, 0) is 110 Å². The van der Waals surface area contributed by atoms with Gasteiger partial charge in [-0.2, -0.15) is 0 Å². The number of rotatable bonds is 4. The number of esters is 1. The topological polar surface area (TPSA) is 29.5 Å². The maximum absolute atomic E-state index is 13.0. The molecular formula is C30H47NO2. The molecular weight excluding hydrogens is 406 g/mol. The van der Waals surface area contributed by atoms with Crippen molar-refractivity contribution in [3.05, 3.63) is 36.5 Å². The summed E-state index contributed by atoms with van der Waals surface area (Å²) in [5.41, 5.74) is 0.115. The molecule has 0 aromatic carbocycles. The summed E-state index contributed by atoms with van der Waals surface area (Å²) in [6, 6.07) is 0. The third-order valence-corrected chi connectivity index (χ3v) is 9.69. The average Bonchev–Trinajstić information content (AvgIpc) is 3.07. The van der Waals surface area contributed by atoms with Gasteiger partial charge in [0.25, 0.3) is 0 Å². The Morgan fingerprint density at radius 3 is 1.70 bits per heavy atom. The van der Waals surface area contributed by atoms with E-state index in [4.69, 9.17) is 4.74 Å². The molecule has 3 heteroatoms. The van der Waals surface area contributed by atoms with Crippen LogP contribution in [-0.4, -0.2) is 35.1 Å². The molecule has 0 atom stereocenters. The van der Waals surface area contributed by atoms with Crippen LogP contribution in [0, 0.1) is 29.6 Å². The lowest BCUT2D eigenvalue weighted by atomic mass is 9.67. The Kier molecular flexibility index (Phi) is 7.58. The van der Waals surface area contributed by atoms with Crippen molar-refractivity contribution < 1.29 is 9.53 Å². The Morgan fingerprint density at radius 1 is 0.727 bits per heavy atom. The van der Waals surface area contributed by atoms with Gasteiger partial charge in [-0.1, -0.05) is 36.5 Å². The molecule has 0 unspecified atom stereocenters. The second-order valence-corrected chi connectivity index (χ2v) is 12.7. The SMILES string of the molecule is CN1C(C)(C)CC(OC(=O)C2CCC(C3CCC(C4C=CC=CC=C4)CC3)CC2)CC1(C)C. The van der Waals surface area contributed by atoms with Crippen LogP contribution >= 0.6 is 0 Å². The van der Waals surface area contributed by atoms with E-state index in [2.05, 4.69) is 76.1 Å². The van der Waals surface area contributed by atoms with Gasteiger partial charge in [0.1, 0.15) is 6.10 Å². The molecule has 33 heavy (non-hydrogen) atoms. The van der Waals surface area contributed by atoms with Gasteiger partial charge in [-0.25, -0.2) is 0 Å². The van der Waals surface area contributed by atoms with Crippen LogP contribution in [0.4, 0.5) is 0 Å². The molecule has 1 aliphatic heterocycles. The van der Waals surface area contributed by atoms with Gasteiger partial charge < -0.3 is 4.74 Å². The highest BCUT2D eigenvalue weighted by molar-refractivity contribution is 5.72. The van der Waals surface area contributed by atoms with Gasteiger partial charge in [0.05, 0.1) is 5.92 Å². The van der Waals surface area contributed by atoms with Crippen LogP contribution in [0.2, 0.25) is 0 Å². The van der Waals surface area contributed by atoms with Crippen molar-refractivity contribution in [2.24, 2.45) is 29.6 Å². The number of piperidine rings is 1. The van der Waals surface area contributed by atoms with Crippen molar-refractivity contribution in [3.8, 4) is 0 Å². The minimum atomic E-state index is 0.0500. The highest BCUT2D eigenvalue weighted by atomic mass is 16.5. The van der Waals surface area contributed by atoms with Gasteiger partial charge in [-0.15, -0.1) is 0 Å². The van der Waals surface area contributed by atoms with Gasteiger partial charge in [0, 0.05) is 23.9 Å². The molecule has 0 amide bonds. The van der Waals surface area contributed by atoms with E-state index in [9.17, 15) is 4.79 Å². The second kappa shape index (κ2) is 10.1. The van der Waals surface area contributed by atoms with Crippen molar-refractivity contribution >= 4 is 5.97 Å². The van der Waals surface area contributed by atoms with Crippen LogP contribution in [0.5, 0.6) is 0 Å².